The summed E-state index contributed by atoms with van der Waals surface area (Å²) in [6, 6.07) is 8.10. The van der Waals surface area contributed by atoms with Crippen LogP contribution in [0.15, 0.2) is 18.2 Å². The Labute approximate surface area is 125 Å². The number of hydrogen-bond acceptors (Lipinski definition) is 5. The van der Waals surface area contributed by atoms with E-state index < -0.39 is 0 Å². The Balaban J connectivity index is 2.11. The van der Waals surface area contributed by atoms with Gasteiger partial charge in [-0.1, -0.05) is 17.9 Å². The van der Waals surface area contributed by atoms with Gasteiger partial charge in [0, 0.05) is 19.6 Å². The molecule has 1 heterocycles. The molecule has 1 aliphatic heterocycles. The molecule has 0 aromatic heterocycles. The first-order valence-corrected chi connectivity index (χ1v) is 6.86. The molecule has 1 saturated heterocycles. The van der Waals surface area contributed by atoms with Crippen molar-refractivity contribution in [2.24, 2.45) is 5.73 Å². The van der Waals surface area contributed by atoms with Crippen LogP contribution >= 0.6 is 0 Å². The minimum atomic E-state index is -0.339. The lowest BCUT2D eigenvalue weighted by Crippen LogP contribution is -2.41. The third-order valence-corrected chi connectivity index (χ3v) is 3.29. The van der Waals surface area contributed by atoms with Crippen molar-refractivity contribution in [3.8, 4) is 23.7 Å². The van der Waals surface area contributed by atoms with Crippen molar-refractivity contribution >= 4 is 0 Å². The number of nitrogens with zero attached hydrogens (tertiary/aromatic N) is 2. The first-order chi connectivity index (χ1) is 10.3. The standard InChI is InChI=1S/C16H19N3O2/c1-20-16-5-4-13(9-14(16)3-2-6-17)11-19-7-8-21-15(10-18)12-19/h4-5,9,15H,6-8,11-12,17H2,1H3. The Hall–Kier alpha value is -2.05. The topological polar surface area (TPSA) is 71.5 Å². The van der Waals surface area contributed by atoms with Gasteiger partial charge in [0.05, 0.1) is 31.9 Å². The van der Waals surface area contributed by atoms with Crippen molar-refractivity contribution in [1.29, 1.82) is 5.26 Å². The Kier molecular flexibility index (Phi) is 5.59. The van der Waals surface area contributed by atoms with Crippen LogP contribution in [0, 0.1) is 23.2 Å². The summed E-state index contributed by atoms with van der Waals surface area (Å²) >= 11 is 0. The molecule has 1 aromatic carbocycles. The van der Waals surface area contributed by atoms with Crippen LogP contribution in [0.3, 0.4) is 0 Å². The Morgan fingerprint density at radius 3 is 3.10 bits per heavy atom. The quantitative estimate of drug-likeness (QED) is 0.829. The molecule has 0 spiro atoms. The van der Waals surface area contributed by atoms with Crippen LogP contribution in [-0.4, -0.2) is 44.4 Å². The van der Waals surface area contributed by atoms with Crippen LogP contribution in [0.2, 0.25) is 0 Å². The van der Waals surface area contributed by atoms with E-state index in [4.69, 9.17) is 20.5 Å². The molecular formula is C16H19N3O2. The fourth-order valence-electron chi connectivity index (χ4n) is 2.28. The first-order valence-electron chi connectivity index (χ1n) is 6.86. The molecule has 1 fully saturated rings. The van der Waals surface area contributed by atoms with Gasteiger partial charge in [-0.3, -0.25) is 4.90 Å². The van der Waals surface area contributed by atoms with Crippen molar-refractivity contribution < 1.29 is 9.47 Å². The van der Waals surface area contributed by atoms with Gasteiger partial charge >= 0.3 is 0 Å². The highest BCUT2D eigenvalue weighted by atomic mass is 16.5. The summed E-state index contributed by atoms with van der Waals surface area (Å²) in [4.78, 5) is 2.21. The minimum absolute atomic E-state index is 0.320. The molecule has 2 rings (SSSR count). The van der Waals surface area contributed by atoms with E-state index in [2.05, 4.69) is 22.8 Å². The van der Waals surface area contributed by atoms with Crippen molar-refractivity contribution in [3.63, 3.8) is 0 Å². The van der Waals surface area contributed by atoms with E-state index in [0.717, 1.165) is 30.0 Å². The van der Waals surface area contributed by atoms with E-state index in [9.17, 15) is 0 Å². The maximum absolute atomic E-state index is 8.94. The van der Waals surface area contributed by atoms with Crippen LogP contribution in [0.5, 0.6) is 5.75 Å². The molecule has 0 saturated carbocycles. The fraction of sp³-hybridized carbons (Fsp3) is 0.438. The maximum atomic E-state index is 8.94. The SMILES string of the molecule is COc1ccc(CN2CCOC(C#N)C2)cc1C#CCN. The molecule has 1 aliphatic rings. The van der Waals surface area contributed by atoms with E-state index in [0.29, 0.717) is 19.7 Å². The molecule has 2 N–H and O–H groups in total. The van der Waals surface area contributed by atoms with Gasteiger partial charge in [-0.15, -0.1) is 0 Å². The highest BCUT2D eigenvalue weighted by Gasteiger charge is 2.20. The summed E-state index contributed by atoms with van der Waals surface area (Å²) in [6.07, 6.45) is -0.339. The number of benzene rings is 1. The Morgan fingerprint density at radius 1 is 1.52 bits per heavy atom. The lowest BCUT2D eigenvalue weighted by atomic mass is 10.1. The van der Waals surface area contributed by atoms with Crippen molar-refractivity contribution in [2.45, 2.75) is 12.6 Å². The van der Waals surface area contributed by atoms with Gasteiger partial charge in [0.15, 0.2) is 6.10 Å². The van der Waals surface area contributed by atoms with E-state index in [1.54, 1.807) is 7.11 Å². The molecule has 5 nitrogen and oxygen atoms in total. The summed E-state index contributed by atoms with van der Waals surface area (Å²) in [6.45, 7) is 3.14. The van der Waals surface area contributed by atoms with Crippen LogP contribution < -0.4 is 10.5 Å². The summed E-state index contributed by atoms with van der Waals surface area (Å²) in [5.74, 6) is 6.62. The monoisotopic (exact) mass is 285 g/mol. The van der Waals surface area contributed by atoms with Crippen molar-refractivity contribution in [3.05, 3.63) is 29.3 Å². The largest absolute Gasteiger partial charge is 0.495 e. The summed E-state index contributed by atoms with van der Waals surface area (Å²) in [5.41, 5.74) is 7.39. The maximum Gasteiger partial charge on any atom is 0.156 e. The normalized spacial score (nSPS) is 18.4. The highest BCUT2D eigenvalue weighted by Crippen LogP contribution is 2.20. The van der Waals surface area contributed by atoms with Gasteiger partial charge in [-0.2, -0.15) is 5.26 Å². The van der Waals surface area contributed by atoms with Crippen LogP contribution in [-0.2, 0) is 11.3 Å². The molecule has 0 radical (unpaired) electrons. The molecule has 0 bridgehead atoms. The van der Waals surface area contributed by atoms with Gasteiger partial charge in [0.2, 0.25) is 0 Å². The average molecular weight is 285 g/mol. The molecular weight excluding hydrogens is 266 g/mol. The zero-order chi connectivity index (χ0) is 15.1. The molecule has 1 aromatic rings. The van der Waals surface area contributed by atoms with Crippen LogP contribution in [0.4, 0.5) is 0 Å². The second kappa shape index (κ2) is 7.66. The third-order valence-electron chi connectivity index (χ3n) is 3.29. The lowest BCUT2D eigenvalue weighted by Gasteiger charge is -2.29. The second-order valence-corrected chi connectivity index (χ2v) is 4.76. The molecule has 1 unspecified atom stereocenters. The van der Waals surface area contributed by atoms with Crippen molar-refractivity contribution in [1.82, 2.24) is 4.90 Å². The number of nitriles is 1. The molecule has 5 heteroatoms. The molecule has 110 valence electrons. The number of nitrogens with two attached hydrogens (primary N) is 1. The second-order valence-electron chi connectivity index (χ2n) is 4.76. The predicted molar refractivity (Wildman–Crippen MR) is 79.6 cm³/mol. The number of hydrogen-bond donors (Lipinski definition) is 1. The van der Waals surface area contributed by atoms with E-state index in [1.807, 2.05) is 18.2 Å². The van der Waals surface area contributed by atoms with Gasteiger partial charge in [-0.05, 0) is 17.7 Å². The zero-order valence-electron chi connectivity index (χ0n) is 12.1. The summed E-state index contributed by atoms with van der Waals surface area (Å²) in [7, 11) is 1.63. The molecule has 0 amide bonds. The number of ether oxygens (including phenoxy) is 2. The Morgan fingerprint density at radius 2 is 2.38 bits per heavy atom. The smallest absolute Gasteiger partial charge is 0.156 e. The van der Waals surface area contributed by atoms with Gasteiger partial charge < -0.3 is 15.2 Å². The lowest BCUT2D eigenvalue weighted by molar-refractivity contribution is -0.00269. The van der Waals surface area contributed by atoms with Crippen LogP contribution in [0.1, 0.15) is 11.1 Å². The van der Waals surface area contributed by atoms with E-state index >= 15 is 0 Å². The highest BCUT2D eigenvalue weighted by molar-refractivity contribution is 5.48. The van der Waals surface area contributed by atoms with E-state index in [1.165, 1.54) is 0 Å². The number of morpholine rings is 1. The van der Waals surface area contributed by atoms with Crippen molar-refractivity contribution in [2.75, 3.05) is 33.4 Å². The molecule has 21 heavy (non-hydrogen) atoms. The summed E-state index contributed by atoms with van der Waals surface area (Å²) < 4.78 is 10.7. The van der Waals surface area contributed by atoms with E-state index in [-0.39, 0.29) is 6.10 Å². The molecule has 0 aliphatic carbocycles. The summed E-state index contributed by atoms with van der Waals surface area (Å²) in [5, 5.41) is 8.94. The number of rotatable bonds is 3. The average Bonchev–Trinajstić information content (AvgIpc) is 2.53. The minimum Gasteiger partial charge on any atom is -0.495 e. The molecule has 1 atom stereocenters. The first kappa shape index (κ1) is 15.3. The Bertz CT molecular complexity index is 583. The zero-order valence-corrected chi connectivity index (χ0v) is 12.1. The van der Waals surface area contributed by atoms with Gasteiger partial charge in [0.1, 0.15) is 5.75 Å². The predicted octanol–water partition coefficient (Wildman–Crippen LogP) is 0.730. The third kappa shape index (κ3) is 4.21. The van der Waals surface area contributed by atoms with Gasteiger partial charge in [0.25, 0.3) is 0 Å². The number of methoxy groups -OCH3 is 1. The van der Waals surface area contributed by atoms with Gasteiger partial charge in [-0.25, -0.2) is 0 Å². The fourth-order valence-corrected chi connectivity index (χ4v) is 2.28. The van der Waals surface area contributed by atoms with Crippen LogP contribution in [0.25, 0.3) is 0 Å².